The average molecular weight is 797 g/mol. The summed E-state index contributed by atoms with van der Waals surface area (Å²) < 4.78 is 32.5. The molecule has 0 aliphatic heterocycles. The van der Waals surface area contributed by atoms with Crippen molar-refractivity contribution in [3.63, 3.8) is 0 Å². The molecule has 0 aromatic carbocycles. The zero-order chi connectivity index (χ0) is 40.8. The van der Waals surface area contributed by atoms with Gasteiger partial charge in [0.2, 0.25) is 0 Å². The minimum atomic E-state index is -4.65. The molecule has 55 heavy (non-hydrogen) atoms. The van der Waals surface area contributed by atoms with Crippen LogP contribution in [0, 0.1) is 5.92 Å². The highest BCUT2D eigenvalue weighted by Gasteiger charge is 2.27. The van der Waals surface area contributed by atoms with Gasteiger partial charge in [0.25, 0.3) is 0 Å². The zero-order valence-electron chi connectivity index (χ0n) is 33.9. The molecule has 0 fully saturated rings. The Morgan fingerprint density at radius 2 is 1.29 bits per heavy atom. The Kier molecular flexibility index (Phi) is 35.2. The van der Waals surface area contributed by atoms with Crippen LogP contribution in [0.5, 0.6) is 0 Å². The van der Waals surface area contributed by atoms with Crippen molar-refractivity contribution in [1.29, 1.82) is 0 Å². The number of esters is 2. The second kappa shape index (κ2) is 37.0. The molecule has 12 heteroatoms. The standard InChI is InChI=1S/C43H73O11P/c1-4-6-7-8-20-25-30-39(45)31-26-21-16-11-9-10-12-18-23-28-33-43(48)54-41(37-53-55(49,50)52-35-40(46)34-44)36-51-42(47)32-27-22-17-14-13-15-19-24-29-38(3)5-2/h6-7,9-10,16,18,20-21,23,25-26,31,38-41,44-46H,4-5,8,11-15,17,19,22,24,27-30,32-37H2,1-3H3,(H,49,50)/b7-6-,10-9-,21-16-,23-18-,25-20-,31-26+/t38?,39?,40-,41+/m0/s1. The maximum atomic E-state index is 12.6. The van der Waals surface area contributed by atoms with Gasteiger partial charge in [-0.15, -0.1) is 0 Å². The van der Waals surface area contributed by atoms with E-state index in [9.17, 15) is 29.3 Å². The van der Waals surface area contributed by atoms with Crippen molar-refractivity contribution < 1.29 is 52.9 Å². The number of phosphoric ester groups is 1. The van der Waals surface area contributed by atoms with E-state index >= 15 is 0 Å². The molecule has 0 saturated carbocycles. The van der Waals surface area contributed by atoms with Crippen LogP contribution < -0.4 is 0 Å². The molecule has 4 N–H and O–H groups in total. The molecule has 0 radical (unpaired) electrons. The number of allylic oxidation sites excluding steroid dienone is 10. The van der Waals surface area contributed by atoms with Gasteiger partial charge in [-0.25, -0.2) is 4.57 Å². The van der Waals surface area contributed by atoms with E-state index in [-0.39, 0.29) is 19.4 Å². The fourth-order valence-corrected chi connectivity index (χ4v) is 5.75. The maximum absolute atomic E-state index is 12.6. The molecular formula is C43H73O11P. The summed E-state index contributed by atoms with van der Waals surface area (Å²) >= 11 is 0. The summed E-state index contributed by atoms with van der Waals surface area (Å²) in [6.07, 6.45) is 36.3. The van der Waals surface area contributed by atoms with E-state index in [1.165, 1.54) is 38.5 Å². The Morgan fingerprint density at radius 1 is 0.691 bits per heavy atom. The highest BCUT2D eigenvalue weighted by atomic mass is 31.2. The molecule has 0 saturated heterocycles. The third-order valence-corrected chi connectivity index (χ3v) is 9.46. The Morgan fingerprint density at radius 3 is 1.96 bits per heavy atom. The SMILES string of the molecule is CC/C=C\C/C=C\CC(O)/C=C/C=C\C/C=C\C/C=C\CCC(=O)O[C@H](COC(=O)CCCCCCCCCCC(C)CC)COP(=O)(O)OC[C@@H](O)CO. The maximum Gasteiger partial charge on any atom is 0.472 e. The van der Waals surface area contributed by atoms with Gasteiger partial charge >= 0.3 is 19.8 Å². The van der Waals surface area contributed by atoms with Gasteiger partial charge in [-0.3, -0.25) is 18.6 Å². The van der Waals surface area contributed by atoms with E-state index in [4.69, 9.17) is 19.1 Å². The molecule has 0 aliphatic rings. The van der Waals surface area contributed by atoms with Gasteiger partial charge in [0.15, 0.2) is 6.10 Å². The molecule has 5 atom stereocenters. The molecule has 0 heterocycles. The average Bonchev–Trinajstić information content (AvgIpc) is 3.17. The third-order valence-electron chi connectivity index (χ3n) is 8.51. The van der Waals surface area contributed by atoms with Gasteiger partial charge in [-0.1, -0.05) is 151 Å². The first-order chi connectivity index (χ1) is 26.5. The Balaban J connectivity index is 4.56. The summed E-state index contributed by atoms with van der Waals surface area (Å²) in [5.41, 5.74) is 0. The number of carbonyl (C=O) groups is 2. The van der Waals surface area contributed by atoms with Crippen LogP contribution in [0.3, 0.4) is 0 Å². The summed E-state index contributed by atoms with van der Waals surface area (Å²) in [5.74, 6) is -0.258. The number of hydrogen-bond donors (Lipinski definition) is 4. The van der Waals surface area contributed by atoms with Crippen LogP contribution in [0.25, 0.3) is 0 Å². The zero-order valence-corrected chi connectivity index (χ0v) is 34.8. The van der Waals surface area contributed by atoms with Gasteiger partial charge in [0, 0.05) is 12.8 Å². The number of carbonyl (C=O) groups excluding carboxylic acids is 2. The number of aliphatic hydroxyl groups excluding tert-OH is 3. The summed E-state index contributed by atoms with van der Waals surface area (Å²) in [6, 6.07) is 0. The minimum Gasteiger partial charge on any atom is -0.462 e. The first-order valence-electron chi connectivity index (χ1n) is 20.4. The minimum absolute atomic E-state index is 0.0329. The molecular weight excluding hydrogens is 723 g/mol. The molecule has 0 rings (SSSR count). The molecule has 0 amide bonds. The van der Waals surface area contributed by atoms with Crippen LogP contribution in [0.2, 0.25) is 0 Å². The van der Waals surface area contributed by atoms with Crippen LogP contribution in [0.15, 0.2) is 72.9 Å². The van der Waals surface area contributed by atoms with Crippen LogP contribution in [0.4, 0.5) is 0 Å². The lowest BCUT2D eigenvalue weighted by molar-refractivity contribution is -0.161. The lowest BCUT2D eigenvalue weighted by Gasteiger charge is -2.20. The molecule has 0 bridgehead atoms. The van der Waals surface area contributed by atoms with E-state index < -0.39 is 57.9 Å². The predicted molar refractivity (Wildman–Crippen MR) is 220 cm³/mol. The largest absolute Gasteiger partial charge is 0.472 e. The molecule has 316 valence electrons. The van der Waals surface area contributed by atoms with Crippen molar-refractivity contribution in [2.75, 3.05) is 26.4 Å². The van der Waals surface area contributed by atoms with E-state index in [2.05, 4.69) is 37.4 Å². The fourth-order valence-electron chi connectivity index (χ4n) is 4.96. The molecule has 0 spiro atoms. The third kappa shape index (κ3) is 36.7. The van der Waals surface area contributed by atoms with E-state index in [0.29, 0.717) is 25.7 Å². The highest BCUT2D eigenvalue weighted by molar-refractivity contribution is 7.47. The summed E-state index contributed by atoms with van der Waals surface area (Å²) in [4.78, 5) is 34.9. The molecule has 0 aromatic heterocycles. The van der Waals surface area contributed by atoms with Crippen molar-refractivity contribution in [2.45, 2.75) is 155 Å². The molecule has 11 nitrogen and oxygen atoms in total. The van der Waals surface area contributed by atoms with Crippen LogP contribution in [-0.2, 0) is 32.7 Å². The summed E-state index contributed by atoms with van der Waals surface area (Å²) in [6.45, 7) is 4.38. The second-order valence-corrected chi connectivity index (χ2v) is 15.2. The number of hydrogen-bond acceptors (Lipinski definition) is 10. The van der Waals surface area contributed by atoms with Crippen molar-refractivity contribution >= 4 is 19.8 Å². The Bertz CT molecular complexity index is 1180. The number of rotatable bonds is 36. The number of aliphatic hydroxyl groups is 3. The topological polar surface area (TPSA) is 169 Å². The first kappa shape index (κ1) is 52.4. The second-order valence-electron chi connectivity index (χ2n) is 13.7. The van der Waals surface area contributed by atoms with Crippen molar-refractivity contribution in [3.8, 4) is 0 Å². The normalized spacial score (nSPS) is 15.8. The number of ether oxygens (including phenoxy) is 2. The van der Waals surface area contributed by atoms with Gasteiger partial charge in [-0.2, -0.15) is 0 Å². The van der Waals surface area contributed by atoms with Gasteiger partial charge in [-0.05, 0) is 50.9 Å². The van der Waals surface area contributed by atoms with Crippen molar-refractivity contribution in [3.05, 3.63) is 72.9 Å². The molecule has 0 aromatic rings. The summed E-state index contributed by atoms with van der Waals surface area (Å²) in [5, 5.41) is 28.3. The van der Waals surface area contributed by atoms with Crippen molar-refractivity contribution in [2.24, 2.45) is 5.92 Å². The van der Waals surface area contributed by atoms with E-state index in [1.807, 2.05) is 54.7 Å². The van der Waals surface area contributed by atoms with E-state index in [0.717, 1.165) is 44.4 Å². The lowest BCUT2D eigenvalue weighted by atomic mass is 9.99. The smallest absolute Gasteiger partial charge is 0.462 e. The van der Waals surface area contributed by atoms with E-state index in [1.54, 1.807) is 6.08 Å². The van der Waals surface area contributed by atoms with Gasteiger partial charge < -0.3 is 29.7 Å². The van der Waals surface area contributed by atoms with Gasteiger partial charge in [0.05, 0.1) is 25.9 Å². The fraction of sp³-hybridized carbons (Fsp3) is 0.674. The van der Waals surface area contributed by atoms with Gasteiger partial charge in [0.1, 0.15) is 12.7 Å². The Labute approximate surface area is 331 Å². The predicted octanol–water partition coefficient (Wildman–Crippen LogP) is 9.32. The van der Waals surface area contributed by atoms with Crippen molar-refractivity contribution in [1.82, 2.24) is 0 Å². The van der Waals surface area contributed by atoms with Crippen LogP contribution in [0.1, 0.15) is 136 Å². The van der Waals surface area contributed by atoms with Crippen LogP contribution in [-0.4, -0.2) is 76.9 Å². The quantitative estimate of drug-likeness (QED) is 0.0157. The molecule has 3 unspecified atom stereocenters. The number of unbranched alkanes of at least 4 members (excludes halogenated alkanes) is 7. The number of phosphoric acid groups is 1. The highest BCUT2D eigenvalue weighted by Crippen LogP contribution is 2.43. The summed E-state index contributed by atoms with van der Waals surface area (Å²) in [7, 11) is -4.65. The molecule has 0 aliphatic carbocycles. The first-order valence-corrected chi connectivity index (χ1v) is 21.9. The monoisotopic (exact) mass is 796 g/mol. The Hall–Kier alpha value is -2.63. The van der Waals surface area contributed by atoms with Crippen LogP contribution >= 0.6 is 7.82 Å². The lowest BCUT2D eigenvalue weighted by Crippen LogP contribution is -2.29.